The quantitative estimate of drug-likeness (QED) is 0.501. The number of nitrogens with one attached hydrogen (secondary N) is 1. The minimum Gasteiger partial charge on any atom is -0.494 e. The molecular weight excluding hydrogens is 379 g/mol. The molecule has 0 radical (unpaired) electrons. The van der Waals surface area contributed by atoms with E-state index >= 15 is 0 Å². The van der Waals surface area contributed by atoms with E-state index in [1.54, 1.807) is 11.8 Å². The summed E-state index contributed by atoms with van der Waals surface area (Å²) in [5.41, 5.74) is -0.0191. The first-order valence-electron chi connectivity index (χ1n) is 9.97. The summed E-state index contributed by atoms with van der Waals surface area (Å²) in [4.78, 5) is 38.4. The third-order valence-electron chi connectivity index (χ3n) is 5.55. The van der Waals surface area contributed by atoms with Crippen LogP contribution >= 0.6 is 0 Å². The maximum absolute atomic E-state index is 12.8. The van der Waals surface area contributed by atoms with Crippen LogP contribution in [0.15, 0.2) is 24.3 Å². The van der Waals surface area contributed by atoms with E-state index in [0.29, 0.717) is 25.2 Å². The molecule has 1 aliphatic carbocycles. The first-order chi connectivity index (χ1) is 13.8. The lowest BCUT2D eigenvalue weighted by Crippen LogP contribution is -2.48. The van der Waals surface area contributed by atoms with Gasteiger partial charge in [0.2, 0.25) is 11.8 Å². The zero-order chi connectivity index (χ0) is 21.0. The van der Waals surface area contributed by atoms with Gasteiger partial charge in [0.15, 0.2) is 0 Å². The maximum atomic E-state index is 12.8. The van der Waals surface area contributed by atoms with E-state index in [-0.39, 0.29) is 54.6 Å². The average Bonchev–Trinajstić information content (AvgIpc) is 3.25. The summed E-state index contributed by atoms with van der Waals surface area (Å²) >= 11 is 0. The molecule has 1 N–H and O–H groups in total. The molecule has 8 heteroatoms. The number of carbonyl (C=O) groups is 3. The van der Waals surface area contributed by atoms with Crippen LogP contribution in [0.1, 0.15) is 39.5 Å². The second-order valence-electron chi connectivity index (χ2n) is 7.83. The molecule has 3 rings (SSSR count). The van der Waals surface area contributed by atoms with Crippen molar-refractivity contribution in [3.63, 3.8) is 0 Å². The summed E-state index contributed by atoms with van der Waals surface area (Å²) in [5, 5.41) is 2.62. The molecule has 0 aromatic heterocycles. The minimum atomic E-state index is -0.563. The number of amides is 2. The van der Waals surface area contributed by atoms with Crippen molar-refractivity contribution in [3.05, 3.63) is 30.1 Å². The molecule has 0 spiro atoms. The molecule has 29 heavy (non-hydrogen) atoms. The maximum Gasteiger partial charge on any atom is 0.328 e. The number of nitrogens with zero attached hydrogens (tertiary/aromatic N) is 1. The van der Waals surface area contributed by atoms with Gasteiger partial charge in [-0.25, -0.2) is 9.18 Å². The third-order valence-corrected chi connectivity index (χ3v) is 5.55. The van der Waals surface area contributed by atoms with Gasteiger partial charge < -0.3 is 19.7 Å². The second-order valence-corrected chi connectivity index (χ2v) is 7.83. The Balaban J connectivity index is 1.39. The molecule has 1 aromatic carbocycles. The number of carbonyl (C=O) groups excluding carboxylic acids is 3. The van der Waals surface area contributed by atoms with Gasteiger partial charge in [0.1, 0.15) is 17.6 Å². The second kappa shape index (κ2) is 8.80. The Labute approximate surface area is 169 Å². The van der Waals surface area contributed by atoms with Crippen molar-refractivity contribution in [2.75, 3.05) is 19.8 Å². The number of likely N-dealkylation sites (tertiary alicyclic amines) is 1. The number of fused-ring (bicyclic) bond motifs is 1. The van der Waals surface area contributed by atoms with Gasteiger partial charge in [-0.3, -0.25) is 9.59 Å². The van der Waals surface area contributed by atoms with Crippen LogP contribution in [0.25, 0.3) is 0 Å². The van der Waals surface area contributed by atoms with E-state index in [9.17, 15) is 18.8 Å². The molecule has 7 nitrogen and oxygen atoms in total. The third kappa shape index (κ3) is 5.05. The molecule has 0 bridgehead atoms. The number of esters is 1. The number of hydrogen-bond donors (Lipinski definition) is 1. The Morgan fingerprint density at radius 3 is 2.66 bits per heavy atom. The zero-order valence-corrected chi connectivity index (χ0v) is 16.8. The van der Waals surface area contributed by atoms with Crippen LogP contribution in [0.5, 0.6) is 5.75 Å². The first kappa shape index (κ1) is 21.1. The van der Waals surface area contributed by atoms with Gasteiger partial charge in [-0.15, -0.1) is 0 Å². The van der Waals surface area contributed by atoms with Gasteiger partial charge in [-0.1, -0.05) is 6.92 Å². The van der Waals surface area contributed by atoms with E-state index in [4.69, 9.17) is 9.47 Å². The molecule has 1 aliphatic heterocycles. The van der Waals surface area contributed by atoms with Gasteiger partial charge in [-0.05, 0) is 55.9 Å². The number of ether oxygens (including phenoxy) is 2. The average molecular weight is 406 g/mol. The highest BCUT2D eigenvalue weighted by molar-refractivity contribution is 5.90. The van der Waals surface area contributed by atoms with Crippen molar-refractivity contribution in [1.29, 1.82) is 0 Å². The van der Waals surface area contributed by atoms with Gasteiger partial charge >= 0.3 is 5.97 Å². The van der Waals surface area contributed by atoms with Crippen LogP contribution in [-0.2, 0) is 19.1 Å². The number of rotatable bonds is 9. The van der Waals surface area contributed by atoms with Crippen molar-refractivity contribution in [1.82, 2.24) is 10.2 Å². The van der Waals surface area contributed by atoms with Gasteiger partial charge in [0.05, 0.1) is 19.8 Å². The van der Waals surface area contributed by atoms with Gasteiger partial charge in [0, 0.05) is 12.5 Å². The van der Waals surface area contributed by atoms with Crippen LogP contribution in [0.2, 0.25) is 0 Å². The normalized spacial score (nSPS) is 24.6. The van der Waals surface area contributed by atoms with Gasteiger partial charge in [-0.2, -0.15) is 0 Å². The number of benzene rings is 1. The molecular formula is C21H27FN2O5. The van der Waals surface area contributed by atoms with Crippen LogP contribution in [0, 0.1) is 11.2 Å². The van der Waals surface area contributed by atoms with Crippen molar-refractivity contribution in [3.8, 4) is 5.75 Å². The van der Waals surface area contributed by atoms with Crippen LogP contribution in [-0.4, -0.2) is 54.5 Å². The Bertz CT molecular complexity index is 769. The molecule has 158 valence electrons. The van der Waals surface area contributed by atoms with E-state index < -0.39 is 6.04 Å². The standard InChI is InChI=1S/C21H27FN2O5/c1-3-28-20(27)16-11-21(2)12-17(21)24(16)19(26)13-23-18(25)5-4-10-29-15-8-6-14(22)7-9-15/h6-9,16-17H,3-5,10-13H2,1-2H3,(H,23,25)/t16-,17-,21+/m0/s1. The topological polar surface area (TPSA) is 84.9 Å². The molecule has 1 saturated carbocycles. The minimum absolute atomic E-state index is 0.0191. The number of piperidine rings is 1. The highest BCUT2D eigenvalue weighted by Gasteiger charge is 2.64. The van der Waals surface area contributed by atoms with Crippen molar-refractivity contribution in [2.24, 2.45) is 5.41 Å². The summed E-state index contributed by atoms with van der Waals surface area (Å²) in [6.45, 7) is 4.25. The van der Waals surface area contributed by atoms with Crippen molar-refractivity contribution >= 4 is 17.8 Å². The SMILES string of the molecule is CCOC(=O)[C@@H]1C[C@]2(C)C[C@@H]2N1C(=O)CNC(=O)CCCOc1ccc(F)cc1. The lowest BCUT2D eigenvalue weighted by Gasteiger charge is -2.26. The summed E-state index contributed by atoms with van der Waals surface area (Å²) in [5.74, 6) is -0.695. The van der Waals surface area contributed by atoms with E-state index in [2.05, 4.69) is 12.2 Å². The molecule has 3 atom stereocenters. The summed E-state index contributed by atoms with van der Waals surface area (Å²) in [7, 11) is 0. The Morgan fingerprint density at radius 2 is 1.97 bits per heavy atom. The van der Waals surface area contributed by atoms with Crippen molar-refractivity contribution in [2.45, 2.75) is 51.6 Å². The number of halogens is 1. The van der Waals surface area contributed by atoms with Gasteiger partial charge in [0.25, 0.3) is 0 Å². The monoisotopic (exact) mass is 406 g/mol. The predicted octanol–water partition coefficient (Wildman–Crippen LogP) is 2.04. The lowest BCUT2D eigenvalue weighted by molar-refractivity contribution is -0.153. The summed E-state index contributed by atoms with van der Waals surface area (Å²) in [6.07, 6.45) is 2.16. The van der Waals surface area contributed by atoms with Crippen molar-refractivity contribution < 1.29 is 28.2 Å². The summed E-state index contributed by atoms with van der Waals surface area (Å²) < 4.78 is 23.4. The van der Waals surface area contributed by atoms with E-state index in [1.807, 2.05) is 0 Å². The van der Waals surface area contributed by atoms with E-state index in [0.717, 1.165) is 6.42 Å². The van der Waals surface area contributed by atoms with E-state index in [1.165, 1.54) is 24.3 Å². The molecule has 1 saturated heterocycles. The molecule has 1 heterocycles. The molecule has 2 aliphatic rings. The van der Waals surface area contributed by atoms with Crippen LogP contribution < -0.4 is 10.1 Å². The van der Waals surface area contributed by atoms with Crippen LogP contribution in [0.4, 0.5) is 4.39 Å². The fraction of sp³-hybridized carbons (Fsp3) is 0.571. The Morgan fingerprint density at radius 1 is 1.24 bits per heavy atom. The lowest BCUT2D eigenvalue weighted by atomic mass is 10.0. The van der Waals surface area contributed by atoms with Crippen LogP contribution in [0.3, 0.4) is 0 Å². The largest absolute Gasteiger partial charge is 0.494 e. The fourth-order valence-corrected chi connectivity index (χ4v) is 3.88. The molecule has 2 amide bonds. The highest BCUT2D eigenvalue weighted by Crippen LogP contribution is 2.59. The predicted molar refractivity (Wildman–Crippen MR) is 103 cm³/mol. The smallest absolute Gasteiger partial charge is 0.328 e. The molecule has 1 aromatic rings. The Hall–Kier alpha value is -2.64. The molecule has 0 unspecified atom stereocenters. The Kier molecular flexibility index (Phi) is 6.39. The fourth-order valence-electron chi connectivity index (χ4n) is 3.88. The number of hydrogen-bond acceptors (Lipinski definition) is 5. The summed E-state index contributed by atoms with van der Waals surface area (Å²) in [6, 6.07) is 5.14. The molecule has 2 fully saturated rings. The highest BCUT2D eigenvalue weighted by atomic mass is 19.1. The zero-order valence-electron chi connectivity index (χ0n) is 16.8. The first-order valence-corrected chi connectivity index (χ1v) is 9.97.